The lowest BCUT2D eigenvalue weighted by Gasteiger charge is -2.44. The van der Waals surface area contributed by atoms with Gasteiger partial charge in [0.05, 0.1) is 12.8 Å². The second-order valence-corrected chi connectivity index (χ2v) is 9.58. The Morgan fingerprint density at radius 3 is 2.61 bits per heavy atom. The summed E-state index contributed by atoms with van der Waals surface area (Å²) in [6, 6.07) is 6.86. The Bertz CT molecular complexity index is 981. The molecule has 0 aliphatic carbocycles. The van der Waals surface area contributed by atoms with Gasteiger partial charge in [0.2, 0.25) is 10.0 Å². The number of ether oxygens (including phenoxy) is 1. The van der Waals surface area contributed by atoms with Gasteiger partial charge in [-0.2, -0.15) is 0 Å². The quantitative estimate of drug-likeness (QED) is 0.811. The lowest BCUT2D eigenvalue weighted by atomic mass is 9.89. The first-order chi connectivity index (χ1) is 13.3. The molecule has 2 aromatic rings. The number of carbonyl (C=O) groups is 1. The summed E-state index contributed by atoms with van der Waals surface area (Å²) >= 11 is 5.89. The van der Waals surface area contributed by atoms with Crippen LogP contribution in [-0.4, -0.2) is 53.6 Å². The normalized spacial score (nSPS) is 22.0. The summed E-state index contributed by atoms with van der Waals surface area (Å²) in [5.41, 5.74) is -0.138. The standard InChI is InChI=1S/C18H21ClN4O4S/c1-28(25,26)23-9-6-18(7-10-23)17-20-8-11-22(17)12-15(27-18)16(24)21-14-4-2-13(19)3-5-14/h2-5,8,11,15H,6-7,9-10,12H2,1H3,(H,21,24). The SMILES string of the molecule is CS(=O)(=O)N1CCC2(CC1)OC(C(=O)Nc1ccc(Cl)cc1)Cn1ccnc12. The van der Waals surface area contributed by atoms with Gasteiger partial charge < -0.3 is 14.6 Å². The van der Waals surface area contributed by atoms with Crippen LogP contribution in [0.3, 0.4) is 0 Å². The first-order valence-electron chi connectivity index (χ1n) is 8.98. The topological polar surface area (TPSA) is 93.5 Å². The number of rotatable bonds is 3. The number of amides is 1. The van der Waals surface area contributed by atoms with Crippen molar-refractivity contribution in [1.29, 1.82) is 0 Å². The molecule has 1 spiro atoms. The van der Waals surface area contributed by atoms with Crippen LogP contribution in [0.4, 0.5) is 5.69 Å². The van der Waals surface area contributed by atoms with Crippen molar-refractivity contribution in [2.24, 2.45) is 0 Å². The number of halogens is 1. The number of fused-ring (bicyclic) bond motifs is 2. The molecule has 1 aromatic heterocycles. The predicted molar refractivity (Wildman–Crippen MR) is 105 cm³/mol. The fourth-order valence-corrected chi connectivity index (χ4v) is 4.78. The van der Waals surface area contributed by atoms with Crippen LogP contribution in [-0.2, 0) is 31.7 Å². The summed E-state index contributed by atoms with van der Waals surface area (Å²) in [5, 5.41) is 3.44. The molecule has 28 heavy (non-hydrogen) atoms. The molecule has 0 radical (unpaired) electrons. The van der Waals surface area contributed by atoms with Crippen molar-refractivity contribution in [3.63, 3.8) is 0 Å². The summed E-state index contributed by atoms with van der Waals surface area (Å²) in [6.07, 6.45) is 4.90. The molecule has 1 unspecified atom stereocenters. The number of benzene rings is 1. The zero-order valence-corrected chi connectivity index (χ0v) is 16.9. The smallest absolute Gasteiger partial charge is 0.255 e. The van der Waals surface area contributed by atoms with Gasteiger partial charge in [0.25, 0.3) is 5.91 Å². The zero-order valence-electron chi connectivity index (χ0n) is 15.3. The second-order valence-electron chi connectivity index (χ2n) is 7.16. The van der Waals surface area contributed by atoms with E-state index in [1.54, 1.807) is 30.5 Å². The van der Waals surface area contributed by atoms with Gasteiger partial charge in [0, 0.05) is 36.2 Å². The molecule has 1 saturated heterocycles. The van der Waals surface area contributed by atoms with Crippen molar-refractivity contribution in [1.82, 2.24) is 13.9 Å². The number of nitrogens with one attached hydrogen (secondary N) is 1. The Labute approximate surface area is 168 Å². The molecule has 0 bridgehead atoms. The number of imidazole rings is 1. The molecule has 8 nitrogen and oxygen atoms in total. The highest BCUT2D eigenvalue weighted by atomic mass is 35.5. The first-order valence-corrected chi connectivity index (χ1v) is 11.2. The van der Waals surface area contributed by atoms with E-state index in [0.717, 1.165) is 5.82 Å². The van der Waals surface area contributed by atoms with Crippen LogP contribution in [0.2, 0.25) is 5.02 Å². The number of carbonyl (C=O) groups excluding carboxylic acids is 1. The average molecular weight is 425 g/mol. The summed E-state index contributed by atoms with van der Waals surface area (Å²) in [6.45, 7) is 1.01. The third-order valence-corrected chi connectivity index (χ3v) is 6.81. The molecular formula is C18H21ClN4O4S. The fourth-order valence-electron chi connectivity index (χ4n) is 3.81. The molecule has 10 heteroatoms. The average Bonchev–Trinajstić information content (AvgIpc) is 3.13. The Morgan fingerprint density at radius 1 is 1.29 bits per heavy atom. The van der Waals surface area contributed by atoms with E-state index in [2.05, 4.69) is 10.3 Å². The number of nitrogens with zero attached hydrogens (tertiary/aromatic N) is 3. The van der Waals surface area contributed by atoms with Gasteiger partial charge in [-0.3, -0.25) is 4.79 Å². The minimum absolute atomic E-state index is 0.258. The number of sulfonamides is 1. The van der Waals surface area contributed by atoms with E-state index in [0.29, 0.717) is 43.2 Å². The van der Waals surface area contributed by atoms with E-state index >= 15 is 0 Å². The Kier molecular flexibility index (Phi) is 4.95. The second kappa shape index (κ2) is 7.14. The molecule has 2 aliphatic rings. The third kappa shape index (κ3) is 3.67. The van der Waals surface area contributed by atoms with Crippen LogP contribution in [0.25, 0.3) is 0 Å². The predicted octanol–water partition coefficient (Wildman–Crippen LogP) is 1.82. The molecule has 3 heterocycles. The van der Waals surface area contributed by atoms with Gasteiger partial charge in [0.1, 0.15) is 11.4 Å². The molecule has 2 aliphatic heterocycles. The lowest BCUT2D eigenvalue weighted by molar-refractivity contribution is -0.166. The Hall–Kier alpha value is -1.94. The van der Waals surface area contributed by atoms with Crippen molar-refractivity contribution in [2.75, 3.05) is 24.7 Å². The van der Waals surface area contributed by atoms with Crippen LogP contribution in [0, 0.1) is 0 Å². The van der Waals surface area contributed by atoms with E-state index in [4.69, 9.17) is 16.3 Å². The lowest BCUT2D eigenvalue weighted by Crippen LogP contribution is -2.53. The van der Waals surface area contributed by atoms with Gasteiger partial charge in [-0.15, -0.1) is 0 Å². The summed E-state index contributed by atoms with van der Waals surface area (Å²) in [5.74, 6) is 0.489. The van der Waals surface area contributed by atoms with Gasteiger partial charge in [0.15, 0.2) is 6.10 Å². The van der Waals surface area contributed by atoms with Gasteiger partial charge in [-0.25, -0.2) is 17.7 Å². The van der Waals surface area contributed by atoms with Crippen molar-refractivity contribution >= 4 is 33.2 Å². The van der Waals surface area contributed by atoms with E-state index in [-0.39, 0.29) is 5.91 Å². The van der Waals surface area contributed by atoms with Gasteiger partial charge >= 0.3 is 0 Å². The largest absolute Gasteiger partial charge is 0.352 e. The number of anilines is 1. The number of hydrogen-bond acceptors (Lipinski definition) is 5. The van der Waals surface area contributed by atoms with Crippen molar-refractivity contribution < 1.29 is 17.9 Å². The fraction of sp³-hybridized carbons (Fsp3) is 0.444. The summed E-state index contributed by atoms with van der Waals surface area (Å²) in [4.78, 5) is 17.3. The van der Waals surface area contributed by atoms with Crippen LogP contribution < -0.4 is 5.32 Å². The van der Waals surface area contributed by atoms with Gasteiger partial charge in [-0.05, 0) is 37.1 Å². The van der Waals surface area contributed by atoms with E-state index in [9.17, 15) is 13.2 Å². The van der Waals surface area contributed by atoms with Gasteiger partial charge in [-0.1, -0.05) is 11.6 Å². The van der Waals surface area contributed by atoms with Crippen LogP contribution in [0.1, 0.15) is 18.7 Å². The Balaban J connectivity index is 1.54. The summed E-state index contributed by atoms with van der Waals surface area (Å²) in [7, 11) is -3.26. The first kappa shape index (κ1) is 19.4. The highest BCUT2D eigenvalue weighted by molar-refractivity contribution is 7.88. The summed E-state index contributed by atoms with van der Waals surface area (Å²) < 4.78 is 33.3. The van der Waals surface area contributed by atoms with Crippen LogP contribution in [0.15, 0.2) is 36.7 Å². The monoisotopic (exact) mass is 424 g/mol. The molecule has 150 valence electrons. The van der Waals surface area contributed by atoms with E-state index in [1.165, 1.54) is 10.6 Å². The molecule has 4 rings (SSSR count). The Morgan fingerprint density at radius 2 is 1.96 bits per heavy atom. The highest BCUT2D eigenvalue weighted by Crippen LogP contribution is 2.40. The van der Waals surface area contributed by atoms with E-state index in [1.807, 2.05) is 10.8 Å². The van der Waals surface area contributed by atoms with E-state index < -0.39 is 21.7 Å². The molecule has 1 N–H and O–H groups in total. The maximum Gasteiger partial charge on any atom is 0.255 e. The number of piperidine rings is 1. The molecular weight excluding hydrogens is 404 g/mol. The molecule has 1 aromatic carbocycles. The zero-order chi connectivity index (χ0) is 19.9. The van der Waals surface area contributed by atoms with Crippen LogP contribution in [0.5, 0.6) is 0 Å². The van der Waals surface area contributed by atoms with Crippen molar-refractivity contribution in [2.45, 2.75) is 31.1 Å². The third-order valence-electron chi connectivity index (χ3n) is 5.26. The van der Waals surface area contributed by atoms with Crippen molar-refractivity contribution in [3.05, 3.63) is 47.5 Å². The molecule has 1 amide bonds. The highest BCUT2D eigenvalue weighted by Gasteiger charge is 2.48. The molecule has 0 saturated carbocycles. The molecule has 1 fully saturated rings. The minimum Gasteiger partial charge on any atom is -0.352 e. The van der Waals surface area contributed by atoms with Crippen molar-refractivity contribution in [3.8, 4) is 0 Å². The molecule has 1 atom stereocenters. The maximum atomic E-state index is 12.8. The maximum absolute atomic E-state index is 12.8. The minimum atomic E-state index is -3.26. The number of aromatic nitrogens is 2. The van der Waals surface area contributed by atoms with Crippen LogP contribution >= 0.6 is 11.6 Å². The number of hydrogen-bond donors (Lipinski definition) is 1.